The zero-order valence-electron chi connectivity index (χ0n) is 22.9. The van der Waals surface area contributed by atoms with E-state index in [4.69, 9.17) is 23.4 Å². The fourth-order valence-corrected chi connectivity index (χ4v) is 4.40. The lowest BCUT2D eigenvalue weighted by molar-refractivity contribution is 0.0736. The molecule has 0 fully saturated rings. The summed E-state index contributed by atoms with van der Waals surface area (Å²) >= 11 is 0. The van der Waals surface area contributed by atoms with E-state index >= 15 is 0 Å². The molecule has 0 bridgehead atoms. The average Bonchev–Trinajstić information content (AvgIpc) is 3.40. The number of hydrogen-bond donors (Lipinski definition) is 0. The molecule has 0 radical (unpaired) electrons. The van der Waals surface area contributed by atoms with Crippen LogP contribution in [-0.4, -0.2) is 32.6 Å². The van der Waals surface area contributed by atoms with Gasteiger partial charge in [-0.15, -0.1) is 0 Å². The molecule has 0 N–H and O–H groups in total. The number of ketones is 1. The second kappa shape index (κ2) is 12.3. The summed E-state index contributed by atoms with van der Waals surface area (Å²) in [6.45, 7) is 2.39. The second-order valence-corrected chi connectivity index (χ2v) is 8.99. The van der Waals surface area contributed by atoms with Gasteiger partial charge in [-0.25, -0.2) is 4.79 Å². The molecule has 0 saturated carbocycles. The van der Waals surface area contributed by atoms with Crippen LogP contribution in [0.25, 0.3) is 28.4 Å². The molecule has 5 aromatic rings. The lowest BCUT2D eigenvalue weighted by atomic mass is 10.1. The number of hydrogen-bond acceptors (Lipinski definition) is 7. The standard InChI is InChI=1S/C34H28O7/c1-4-39-26-16-19-31-28(21-26)32(33(41-31)23-8-6-5-7-9-23)34(36)40-24-13-10-22(11-14-24)12-17-29(35)27-20-25(37-2)15-18-30(27)38-3/h5-21H,4H2,1-3H3. The summed E-state index contributed by atoms with van der Waals surface area (Å²) in [4.78, 5) is 26.3. The molecule has 206 valence electrons. The van der Waals surface area contributed by atoms with Crippen LogP contribution < -0.4 is 18.9 Å². The SMILES string of the molecule is CCOc1ccc2oc(-c3ccccc3)c(C(=O)Oc3ccc(C=CC(=O)c4cc(OC)ccc4OC)cc3)c2c1. The number of rotatable bonds is 10. The molecule has 41 heavy (non-hydrogen) atoms. The van der Waals surface area contributed by atoms with Crippen LogP contribution in [0.3, 0.4) is 0 Å². The number of esters is 1. The Morgan fingerprint density at radius 3 is 2.24 bits per heavy atom. The molecule has 1 heterocycles. The third-order valence-corrected chi connectivity index (χ3v) is 6.40. The van der Waals surface area contributed by atoms with E-state index in [9.17, 15) is 9.59 Å². The number of fused-ring (bicyclic) bond motifs is 1. The predicted octanol–water partition coefficient (Wildman–Crippen LogP) is 7.63. The summed E-state index contributed by atoms with van der Waals surface area (Å²) in [5.41, 5.74) is 2.76. The Kier molecular flexibility index (Phi) is 8.15. The Morgan fingerprint density at radius 1 is 0.805 bits per heavy atom. The van der Waals surface area contributed by atoms with E-state index in [1.54, 1.807) is 66.7 Å². The van der Waals surface area contributed by atoms with Crippen molar-refractivity contribution in [2.24, 2.45) is 0 Å². The summed E-state index contributed by atoms with van der Waals surface area (Å²) in [6, 6.07) is 26.7. The first-order chi connectivity index (χ1) is 20.0. The van der Waals surface area contributed by atoms with Gasteiger partial charge in [-0.1, -0.05) is 48.5 Å². The van der Waals surface area contributed by atoms with Gasteiger partial charge >= 0.3 is 5.97 Å². The van der Waals surface area contributed by atoms with E-state index < -0.39 is 5.97 Å². The maximum absolute atomic E-state index is 13.5. The van der Waals surface area contributed by atoms with Crippen LogP contribution in [0.15, 0.2) is 101 Å². The van der Waals surface area contributed by atoms with Crippen LogP contribution in [0, 0.1) is 0 Å². The number of carbonyl (C=O) groups excluding carboxylic acids is 2. The maximum Gasteiger partial charge on any atom is 0.348 e. The normalized spacial score (nSPS) is 11.0. The Morgan fingerprint density at radius 2 is 1.54 bits per heavy atom. The predicted molar refractivity (Wildman–Crippen MR) is 157 cm³/mol. The summed E-state index contributed by atoms with van der Waals surface area (Å²) < 4.78 is 28.1. The van der Waals surface area contributed by atoms with Gasteiger partial charge in [-0.3, -0.25) is 4.79 Å². The van der Waals surface area contributed by atoms with Crippen LogP contribution in [0.2, 0.25) is 0 Å². The van der Waals surface area contributed by atoms with E-state index in [0.29, 0.717) is 57.5 Å². The Labute approximate surface area is 237 Å². The van der Waals surface area contributed by atoms with Crippen molar-refractivity contribution in [2.45, 2.75) is 6.92 Å². The van der Waals surface area contributed by atoms with Gasteiger partial charge in [0.05, 0.1) is 26.4 Å². The lowest BCUT2D eigenvalue weighted by Gasteiger charge is -2.08. The van der Waals surface area contributed by atoms with E-state index in [1.165, 1.54) is 20.3 Å². The van der Waals surface area contributed by atoms with Crippen molar-refractivity contribution in [3.8, 4) is 34.3 Å². The summed E-state index contributed by atoms with van der Waals surface area (Å²) in [5.74, 6) is 1.63. The molecule has 0 unspecified atom stereocenters. The van der Waals surface area contributed by atoms with Crippen molar-refractivity contribution < 1.29 is 33.0 Å². The molecule has 7 nitrogen and oxygen atoms in total. The Balaban J connectivity index is 1.38. The third kappa shape index (κ3) is 5.99. The quantitative estimate of drug-likeness (QED) is 0.0768. The number of carbonyl (C=O) groups is 2. The van der Waals surface area contributed by atoms with Gasteiger partial charge in [-0.05, 0) is 67.1 Å². The van der Waals surface area contributed by atoms with Crippen LogP contribution >= 0.6 is 0 Å². The van der Waals surface area contributed by atoms with Crippen LogP contribution in [0.1, 0.15) is 33.2 Å². The van der Waals surface area contributed by atoms with Crippen molar-refractivity contribution in [1.29, 1.82) is 0 Å². The van der Waals surface area contributed by atoms with Crippen molar-refractivity contribution >= 4 is 28.8 Å². The summed E-state index contributed by atoms with van der Waals surface area (Å²) in [7, 11) is 3.05. The molecular formula is C34H28O7. The number of ether oxygens (including phenoxy) is 4. The van der Waals surface area contributed by atoms with Crippen molar-refractivity contribution in [3.05, 3.63) is 114 Å². The zero-order chi connectivity index (χ0) is 28.8. The highest BCUT2D eigenvalue weighted by molar-refractivity contribution is 6.10. The van der Waals surface area contributed by atoms with E-state index in [2.05, 4.69) is 0 Å². The first-order valence-electron chi connectivity index (χ1n) is 13.0. The van der Waals surface area contributed by atoms with Crippen LogP contribution in [0.4, 0.5) is 0 Å². The van der Waals surface area contributed by atoms with Gasteiger partial charge in [0.2, 0.25) is 0 Å². The molecular weight excluding hydrogens is 520 g/mol. The minimum atomic E-state index is -0.556. The van der Waals surface area contributed by atoms with Gasteiger partial charge in [0.1, 0.15) is 39.9 Å². The van der Waals surface area contributed by atoms with E-state index in [-0.39, 0.29) is 5.78 Å². The van der Waals surface area contributed by atoms with Crippen molar-refractivity contribution in [1.82, 2.24) is 0 Å². The van der Waals surface area contributed by atoms with Gasteiger partial charge in [0, 0.05) is 10.9 Å². The topological polar surface area (TPSA) is 84.2 Å². The zero-order valence-corrected chi connectivity index (χ0v) is 22.9. The minimum absolute atomic E-state index is 0.233. The molecule has 0 aliphatic rings. The third-order valence-electron chi connectivity index (χ3n) is 6.40. The molecule has 0 spiro atoms. The molecule has 7 heteroatoms. The highest BCUT2D eigenvalue weighted by Crippen LogP contribution is 2.36. The number of benzene rings is 4. The van der Waals surface area contributed by atoms with Crippen LogP contribution in [-0.2, 0) is 0 Å². The molecule has 0 atom stereocenters. The maximum atomic E-state index is 13.5. The number of allylic oxidation sites excluding steroid dienone is 1. The molecule has 0 saturated heterocycles. The first kappa shape index (κ1) is 27.3. The summed E-state index contributed by atoms with van der Waals surface area (Å²) in [5, 5.41) is 0.603. The highest BCUT2D eigenvalue weighted by Gasteiger charge is 2.24. The van der Waals surface area contributed by atoms with Crippen molar-refractivity contribution in [2.75, 3.05) is 20.8 Å². The lowest BCUT2D eigenvalue weighted by Crippen LogP contribution is -2.09. The monoisotopic (exact) mass is 548 g/mol. The number of furan rings is 1. The smallest absolute Gasteiger partial charge is 0.348 e. The molecule has 0 aliphatic carbocycles. The van der Waals surface area contributed by atoms with Gasteiger partial charge < -0.3 is 23.4 Å². The Bertz CT molecular complexity index is 1710. The molecule has 1 aromatic heterocycles. The largest absolute Gasteiger partial charge is 0.497 e. The minimum Gasteiger partial charge on any atom is -0.497 e. The molecule has 5 rings (SSSR count). The fraction of sp³-hybridized carbons (Fsp3) is 0.118. The highest BCUT2D eigenvalue weighted by atomic mass is 16.5. The summed E-state index contributed by atoms with van der Waals surface area (Å²) in [6.07, 6.45) is 3.14. The van der Waals surface area contributed by atoms with Gasteiger partial charge in [0.25, 0.3) is 0 Å². The van der Waals surface area contributed by atoms with E-state index in [1.807, 2.05) is 37.3 Å². The van der Waals surface area contributed by atoms with Crippen LogP contribution in [0.5, 0.6) is 23.0 Å². The molecule has 4 aromatic carbocycles. The second-order valence-electron chi connectivity index (χ2n) is 8.99. The molecule has 0 aliphatic heterocycles. The van der Waals surface area contributed by atoms with E-state index in [0.717, 1.165) is 11.1 Å². The fourth-order valence-electron chi connectivity index (χ4n) is 4.40. The van der Waals surface area contributed by atoms with Crippen molar-refractivity contribution in [3.63, 3.8) is 0 Å². The van der Waals surface area contributed by atoms with Gasteiger partial charge in [-0.2, -0.15) is 0 Å². The average molecular weight is 549 g/mol. The first-order valence-corrected chi connectivity index (χ1v) is 13.0. The molecule has 0 amide bonds. The number of methoxy groups -OCH3 is 2. The van der Waals surface area contributed by atoms with Gasteiger partial charge in [0.15, 0.2) is 5.78 Å². The Hall–Kier alpha value is -5.30.